The molecule has 1 N–H and O–H groups in total. The quantitative estimate of drug-likeness (QED) is 0.672. The van der Waals surface area contributed by atoms with E-state index in [4.69, 9.17) is 5.26 Å². The summed E-state index contributed by atoms with van der Waals surface area (Å²) < 4.78 is 13.2. The number of hydrogen-bond donors (Lipinski definition) is 1. The summed E-state index contributed by atoms with van der Waals surface area (Å²) in [6.45, 7) is 5.55. The molecular weight excluding hydrogens is 399 g/mol. The predicted molar refractivity (Wildman–Crippen MR) is 120 cm³/mol. The molecule has 2 aromatic rings. The maximum atomic E-state index is 13.2. The van der Waals surface area contributed by atoms with Crippen molar-refractivity contribution in [3.63, 3.8) is 0 Å². The highest BCUT2D eigenvalue weighted by Gasteiger charge is 2.18. The van der Waals surface area contributed by atoms with Crippen molar-refractivity contribution in [2.45, 2.75) is 18.2 Å². The molecule has 1 fully saturated rings. The first kappa shape index (κ1) is 22.1. The van der Waals surface area contributed by atoms with Crippen molar-refractivity contribution in [3.05, 3.63) is 54.3 Å². The number of nitrogens with zero attached hydrogens (tertiary/aromatic N) is 3. The Balaban J connectivity index is 1.53. The molecule has 1 amide bonds. The Labute approximate surface area is 181 Å². The van der Waals surface area contributed by atoms with Crippen LogP contribution in [0.25, 0.3) is 0 Å². The van der Waals surface area contributed by atoms with Crippen LogP contribution in [0.3, 0.4) is 0 Å². The third-order valence-electron chi connectivity index (χ3n) is 5.02. The van der Waals surface area contributed by atoms with Crippen molar-refractivity contribution < 1.29 is 9.18 Å². The van der Waals surface area contributed by atoms with Crippen molar-refractivity contribution in [1.82, 2.24) is 4.90 Å². The minimum absolute atomic E-state index is 0.0355. The topological polar surface area (TPSA) is 59.4 Å². The molecule has 1 heterocycles. The van der Waals surface area contributed by atoms with Gasteiger partial charge in [-0.15, -0.1) is 11.8 Å². The first-order valence-electron chi connectivity index (χ1n) is 10.2. The van der Waals surface area contributed by atoms with E-state index >= 15 is 0 Å². The zero-order valence-electron chi connectivity index (χ0n) is 17.2. The van der Waals surface area contributed by atoms with Gasteiger partial charge in [0.1, 0.15) is 5.82 Å². The van der Waals surface area contributed by atoms with E-state index in [0.717, 1.165) is 48.9 Å². The molecule has 1 aliphatic rings. The van der Waals surface area contributed by atoms with Crippen LogP contribution in [0.4, 0.5) is 15.8 Å². The van der Waals surface area contributed by atoms with Crippen molar-refractivity contribution in [2.24, 2.45) is 5.92 Å². The summed E-state index contributed by atoms with van der Waals surface area (Å²) in [6, 6.07) is 16.5. The predicted octanol–water partition coefficient (Wildman–Crippen LogP) is 4.23. The second-order valence-electron chi connectivity index (χ2n) is 7.48. The number of carbonyl (C=O) groups excluding carboxylic acids is 1. The van der Waals surface area contributed by atoms with Crippen LogP contribution < -0.4 is 10.2 Å². The van der Waals surface area contributed by atoms with Crippen LogP contribution in [-0.4, -0.2) is 49.3 Å². The summed E-state index contributed by atoms with van der Waals surface area (Å²) in [5.74, 6) is 0.383. The number of hydrogen-bond acceptors (Lipinski definition) is 5. The second-order valence-corrected chi connectivity index (χ2v) is 8.54. The van der Waals surface area contributed by atoms with E-state index in [0.29, 0.717) is 12.3 Å². The number of rotatable bonds is 7. The SMILES string of the molecule is CC(C#N)CSc1ccccc1NC(=O)CN1CCCN(c2ccc(F)cc2)CC1. The molecule has 7 heteroatoms. The molecule has 0 aliphatic carbocycles. The van der Waals surface area contributed by atoms with Gasteiger partial charge in [-0.05, 0) is 49.7 Å². The van der Waals surface area contributed by atoms with E-state index in [1.807, 2.05) is 31.2 Å². The van der Waals surface area contributed by atoms with Gasteiger partial charge in [-0.2, -0.15) is 5.26 Å². The summed E-state index contributed by atoms with van der Waals surface area (Å²) in [5.41, 5.74) is 1.81. The summed E-state index contributed by atoms with van der Waals surface area (Å²) >= 11 is 1.59. The molecule has 30 heavy (non-hydrogen) atoms. The van der Waals surface area contributed by atoms with Gasteiger partial charge in [0.05, 0.1) is 24.2 Å². The van der Waals surface area contributed by atoms with Crippen LogP contribution in [0.15, 0.2) is 53.4 Å². The van der Waals surface area contributed by atoms with Gasteiger partial charge < -0.3 is 10.2 Å². The van der Waals surface area contributed by atoms with Crippen molar-refractivity contribution in [3.8, 4) is 6.07 Å². The van der Waals surface area contributed by atoms with Gasteiger partial charge in [0.25, 0.3) is 0 Å². The molecule has 1 unspecified atom stereocenters. The lowest BCUT2D eigenvalue weighted by Gasteiger charge is -2.23. The highest BCUT2D eigenvalue weighted by Crippen LogP contribution is 2.28. The van der Waals surface area contributed by atoms with Gasteiger partial charge in [-0.25, -0.2) is 4.39 Å². The minimum Gasteiger partial charge on any atom is -0.370 e. The Hall–Kier alpha value is -2.56. The molecule has 0 radical (unpaired) electrons. The fourth-order valence-corrected chi connectivity index (χ4v) is 4.33. The Kier molecular flexibility index (Phi) is 8.12. The van der Waals surface area contributed by atoms with E-state index in [2.05, 4.69) is 21.2 Å². The average Bonchev–Trinajstić information content (AvgIpc) is 2.99. The zero-order chi connectivity index (χ0) is 21.3. The second kappa shape index (κ2) is 11.0. The van der Waals surface area contributed by atoms with Gasteiger partial charge in [0, 0.05) is 42.5 Å². The summed E-state index contributed by atoms with van der Waals surface area (Å²) in [4.78, 5) is 18.0. The Morgan fingerprint density at radius 2 is 1.93 bits per heavy atom. The van der Waals surface area contributed by atoms with E-state index in [-0.39, 0.29) is 17.6 Å². The van der Waals surface area contributed by atoms with E-state index < -0.39 is 0 Å². The normalized spacial score (nSPS) is 15.8. The van der Waals surface area contributed by atoms with Gasteiger partial charge in [0.15, 0.2) is 0 Å². The highest BCUT2D eigenvalue weighted by atomic mass is 32.2. The van der Waals surface area contributed by atoms with Crippen molar-refractivity contribution in [1.29, 1.82) is 5.26 Å². The average molecular weight is 427 g/mol. The first-order valence-corrected chi connectivity index (χ1v) is 11.2. The monoisotopic (exact) mass is 426 g/mol. The maximum absolute atomic E-state index is 13.2. The van der Waals surface area contributed by atoms with Gasteiger partial charge in [-0.1, -0.05) is 12.1 Å². The molecule has 3 rings (SSSR count). The number of nitriles is 1. The van der Waals surface area contributed by atoms with Crippen LogP contribution in [0.5, 0.6) is 0 Å². The van der Waals surface area contributed by atoms with Crippen LogP contribution in [-0.2, 0) is 4.79 Å². The number of thioether (sulfide) groups is 1. The molecule has 158 valence electrons. The van der Waals surface area contributed by atoms with Crippen LogP contribution in [0.2, 0.25) is 0 Å². The standard InChI is InChI=1S/C23H27FN4OS/c1-18(15-25)17-30-22-6-3-2-5-21(22)26-23(29)16-27-11-4-12-28(14-13-27)20-9-7-19(24)8-10-20/h2-3,5-10,18H,4,11-14,16-17H2,1H3,(H,26,29). The van der Waals surface area contributed by atoms with Crippen LogP contribution >= 0.6 is 11.8 Å². The Bertz CT molecular complexity index is 884. The number of amides is 1. The highest BCUT2D eigenvalue weighted by molar-refractivity contribution is 7.99. The number of para-hydroxylation sites is 1. The minimum atomic E-state index is -0.229. The zero-order valence-corrected chi connectivity index (χ0v) is 18.0. The Morgan fingerprint density at radius 3 is 2.70 bits per heavy atom. The number of anilines is 2. The lowest BCUT2D eigenvalue weighted by molar-refractivity contribution is -0.117. The lowest BCUT2D eigenvalue weighted by Crippen LogP contribution is -2.36. The molecule has 0 spiro atoms. The van der Waals surface area contributed by atoms with E-state index in [1.54, 1.807) is 23.9 Å². The molecule has 5 nitrogen and oxygen atoms in total. The molecule has 1 atom stereocenters. The largest absolute Gasteiger partial charge is 0.370 e. The number of nitrogens with one attached hydrogen (secondary N) is 1. The summed E-state index contributed by atoms with van der Waals surface area (Å²) in [5, 5.41) is 12.0. The number of halogens is 1. The molecule has 0 bridgehead atoms. The fourth-order valence-electron chi connectivity index (χ4n) is 3.38. The summed E-state index contributed by atoms with van der Waals surface area (Å²) in [6.07, 6.45) is 0.948. The summed E-state index contributed by atoms with van der Waals surface area (Å²) in [7, 11) is 0. The van der Waals surface area contributed by atoms with Crippen LogP contribution in [0.1, 0.15) is 13.3 Å². The number of carbonyl (C=O) groups is 1. The van der Waals surface area contributed by atoms with Gasteiger partial charge >= 0.3 is 0 Å². The third kappa shape index (κ3) is 6.48. The van der Waals surface area contributed by atoms with Gasteiger partial charge in [0.2, 0.25) is 5.91 Å². The Morgan fingerprint density at radius 1 is 1.17 bits per heavy atom. The molecule has 0 saturated carbocycles. The molecule has 1 aliphatic heterocycles. The van der Waals surface area contributed by atoms with Crippen LogP contribution in [0, 0.1) is 23.1 Å². The van der Waals surface area contributed by atoms with Crippen molar-refractivity contribution >= 4 is 29.0 Å². The van der Waals surface area contributed by atoms with E-state index in [1.165, 1.54) is 12.1 Å². The lowest BCUT2D eigenvalue weighted by atomic mass is 10.2. The van der Waals surface area contributed by atoms with E-state index in [9.17, 15) is 9.18 Å². The van der Waals surface area contributed by atoms with Crippen molar-refractivity contribution in [2.75, 3.05) is 48.7 Å². The first-order chi connectivity index (χ1) is 14.5. The van der Waals surface area contributed by atoms with Gasteiger partial charge in [-0.3, -0.25) is 9.69 Å². The maximum Gasteiger partial charge on any atom is 0.238 e. The molecule has 2 aromatic carbocycles. The molecule has 1 saturated heterocycles. The smallest absolute Gasteiger partial charge is 0.238 e. The molecular formula is C23H27FN4OS. The third-order valence-corrected chi connectivity index (χ3v) is 6.35. The fraction of sp³-hybridized carbons (Fsp3) is 0.391. The number of benzene rings is 2. The molecule has 0 aromatic heterocycles.